The Morgan fingerprint density at radius 2 is 1.19 bits per heavy atom. The van der Waals surface area contributed by atoms with Crippen LogP contribution in [0.5, 0.6) is 0 Å². The molecule has 146 valence electrons. The van der Waals surface area contributed by atoms with Crippen molar-refractivity contribution in [2.24, 2.45) is 0 Å². The predicted octanol–water partition coefficient (Wildman–Crippen LogP) is 1.88. The SMILES string of the molecule is N=C(OS(=O)(=O)C(F)(F)F)c1ccccc1C(=O)OS(=O)(=O)C(F)(F)F. The molecule has 0 spiro atoms. The molecular weight excluding hydrogens is 424 g/mol. The zero-order valence-corrected chi connectivity index (χ0v) is 13.4. The molecule has 0 saturated heterocycles. The maximum atomic E-state index is 12.2. The van der Waals surface area contributed by atoms with Crippen molar-refractivity contribution in [3.05, 3.63) is 35.4 Å². The minimum absolute atomic E-state index is 0.571. The molecule has 0 aromatic heterocycles. The van der Waals surface area contributed by atoms with E-state index in [4.69, 9.17) is 5.41 Å². The number of hydrogen-bond acceptors (Lipinski definition) is 8. The Labute approximate surface area is 141 Å². The number of nitrogens with one attached hydrogen (secondary N) is 1. The second-order valence-electron chi connectivity index (χ2n) is 4.13. The summed E-state index contributed by atoms with van der Waals surface area (Å²) >= 11 is 0. The van der Waals surface area contributed by atoms with Gasteiger partial charge in [0.1, 0.15) is 0 Å². The number of halogens is 6. The van der Waals surface area contributed by atoms with Crippen LogP contribution in [0.1, 0.15) is 15.9 Å². The third kappa shape index (κ3) is 4.63. The van der Waals surface area contributed by atoms with Crippen LogP contribution in [0.15, 0.2) is 24.3 Å². The summed E-state index contributed by atoms with van der Waals surface area (Å²) in [5, 5.41) is 7.17. The molecule has 0 bridgehead atoms. The van der Waals surface area contributed by atoms with E-state index in [9.17, 15) is 48.0 Å². The van der Waals surface area contributed by atoms with Gasteiger partial charge >= 0.3 is 37.2 Å². The fourth-order valence-electron chi connectivity index (χ4n) is 1.25. The summed E-state index contributed by atoms with van der Waals surface area (Å²) in [5.74, 6) is -4.03. The number of carbonyl (C=O) groups excluding carboxylic acids is 1. The largest absolute Gasteiger partial charge is 0.534 e. The first kappa shape index (κ1) is 21.7. The lowest BCUT2D eigenvalue weighted by Crippen LogP contribution is -2.30. The van der Waals surface area contributed by atoms with Crippen molar-refractivity contribution in [2.45, 2.75) is 11.0 Å². The molecule has 0 saturated carbocycles. The van der Waals surface area contributed by atoms with Crippen molar-refractivity contribution in [3.8, 4) is 0 Å². The predicted molar refractivity (Wildman–Crippen MR) is 69.7 cm³/mol. The van der Waals surface area contributed by atoms with Crippen LogP contribution in [0.25, 0.3) is 0 Å². The van der Waals surface area contributed by atoms with Crippen LogP contribution >= 0.6 is 0 Å². The number of benzene rings is 1. The minimum Gasteiger partial charge on any atom is -0.355 e. The van der Waals surface area contributed by atoms with Crippen LogP contribution in [-0.4, -0.2) is 39.7 Å². The molecule has 0 fully saturated rings. The third-order valence-electron chi connectivity index (χ3n) is 2.34. The highest BCUT2D eigenvalue weighted by molar-refractivity contribution is 7.88. The van der Waals surface area contributed by atoms with Crippen molar-refractivity contribution in [1.29, 1.82) is 5.41 Å². The quantitative estimate of drug-likeness (QED) is 0.255. The van der Waals surface area contributed by atoms with E-state index < -0.39 is 54.2 Å². The topological polar surface area (TPSA) is 128 Å². The molecule has 1 aromatic carbocycles. The molecule has 1 N–H and O–H groups in total. The van der Waals surface area contributed by atoms with Crippen LogP contribution in [0, 0.1) is 5.41 Å². The van der Waals surface area contributed by atoms with E-state index in [2.05, 4.69) is 8.37 Å². The van der Waals surface area contributed by atoms with Gasteiger partial charge in [0.05, 0.1) is 11.1 Å². The summed E-state index contributed by atoms with van der Waals surface area (Å²) in [6.45, 7) is 0. The molecule has 0 radical (unpaired) electrons. The molecule has 1 aromatic rings. The molecule has 0 heterocycles. The number of hydrogen-bond donors (Lipinski definition) is 1. The van der Waals surface area contributed by atoms with E-state index in [1.165, 1.54) is 0 Å². The molecule has 0 atom stereocenters. The Bertz CT molecular complexity index is 856. The molecule has 26 heavy (non-hydrogen) atoms. The average Bonchev–Trinajstić information content (AvgIpc) is 2.43. The van der Waals surface area contributed by atoms with Crippen molar-refractivity contribution in [1.82, 2.24) is 0 Å². The third-order valence-corrected chi connectivity index (χ3v) is 4.23. The van der Waals surface area contributed by atoms with E-state index in [-0.39, 0.29) is 0 Å². The zero-order chi connectivity index (χ0) is 20.6. The standard InChI is InChI=1S/C10H5F6NO7S2/c11-9(12,13)25(19,20)23-7(17)5-3-1-2-4-6(5)8(18)24-26(21,22)10(14,15)16/h1-4,17H. The van der Waals surface area contributed by atoms with Crippen molar-refractivity contribution in [3.63, 3.8) is 0 Å². The van der Waals surface area contributed by atoms with E-state index in [1.807, 2.05) is 0 Å². The van der Waals surface area contributed by atoms with Crippen LogP contribution in [0.3, 0.4) is 0 Å². The van der Waals surface area contributed by atoms with Crippen LogP contribution in [0.4, 0.5) is 26.3 Å². The molecular formula is C10H5F6NO7S2. The van der Waals surface area contributed by atoms with Gasteiger partial charge in [0, 0.05) is 0 Å². The smallest absolute Gasteiger partial charge is 0.355 e. The Morgan fingerprint density at radius 1 is 0.808 bits per heavy atom. The summed E-state index contributed by atoms with van der Waals surface area (Å²) in [4.78, 5) is 11.6. The first-order valence-electron chi connectivity index (χ1n) is 5.73. The van der Waals surface area contributed by atoms with E-state index in [0.717, 1.165) is 12.1 Å². The van der Waals surface area contributed by atoms with Crippen molar-refractivity contribution in [2.75, 3.05) is 0 Å². The first-order valence-corrected chi connectivity index (χ1v) is 8.55. The fourth-order valence-corrected chi connectivity index (χ4v) is 2.04. The highest BCUT2D eigenvalue weighted by Crippen LogP contribution is 2.28. The van der Waals surface area contributed by atoms with Gasteiger partial charge in [-0.05, 0) is 12.1 Å². The Hall–Kier alpha value is -2.36. The first-order chi connectivity index (χ1) is 11.5. The number of rotatable bonds is 4. The van der Waals surface area contributed by atoms with Crippen LogP contribution in [-0.2, 0) is 28.6 Å². The number of alkyl halides is 6. The van der Waals surface area contributed by atoms with E-state index in [1.54, 1.807) is 0 Å². The van der Waals surface area contributed by atoms with Gasteiger partial charge < -0.3 is 8.37 Å². The molecule has 1 rings (SSSR count). The highest BCUT2D eigenvalue weighted by atomic mass is 32.2. The normalized spacial score (nSPS) is 13.2. The summed E-state index contributed by atoms with van der Waals surface area (Å²) < 4.78 is 123. The van der Waals surface area contributed by atoms with Crippen molar-refractivity contribution < 1.29 is 56.3 Å². The molecule has 8 nitrogen and oxygen atoms in total. The van der Waals surface area contributed by atoms with Gasteiger partial charge in [-0.25, -0.2) is 4.79 Å². The monoisotopic (exact) mass is 429 g/mol. The lowest BCUT2D eigenvalue weighted by Gasteiger charge is -2.13. The second kappa shape index (κ2) is 6.75. The summed E-state index contributed by atoms with van der Waals surface area (Å²) in [7, 11) is -12.7. The summed E-state index contributed by atoms with van der Waals surface area (Å²) in [6, 6.07) is 3.06. The molecule has 0 unspecified atom stereocenters. The van der Waals surface area contributed by atoms with Gasteiger partial charge in [-0.15, -0.1) is 0 Å². The average molecular weight is 429 g/mol. The zero-order valence-electron chi connectivity index (χ0n) is 11.8. The number of carbonyl (C=O) groups is 1. The Balaban J connectivity index is 3.24. The molecule has 0 aliphatic rings. The molecule has 0 aliphatic heterocycles. The summed E-state index contributed by atoms with van der Waals surface area (Å²) in [6.07, 6.45) is 0. The van der Waals surface area contributed by atoms with Gasteiger partial charge in [0.25, 0.3) is 0 Å². The second-order valence-corrected chi connectivity index (χ2v) is 7.20. The van der Waals surface area contributed by atoms with E-state index >= 15 is 0 Å². The molecule has 16 heteroatoms. The highest BCUT2D eigenvalue weighted by Gasteiger charge is 2.51. The van der Waals surface area contributed by atoms with Gasteiger partial charge in [0.15, 0.2) is 0 Å². The lowest BCUT2D eigenvalue weighted by atomic mass is 10.1. The van der Waals surface area contributed by atoms with Crippen LogP contribution < -0.4 is 0 Å². The van der Waals surface area contributed by atoms with Crippen LogP contribution in [0.2, 0.25) is 0 Å². The van der Waals surface area contributed by atoms with Gasteiger partial charge in [-0.1, -0.05) is 12.1 Å². The fraction of sp³-hybridized carbons (Fsp3) is 0.200. The molecule has 0 amide bonds. The lowest BCUT2D eigenvalue weighted by molar-refractivity contribution is -0.0526. The Kier molecular flexibility index (Phi) is 5.63. The molecule has 0 aliphatic carbocycles. The maximum absolute atomic E-state index is 12.2. The van der Waals surface area contributed by atoms with Gasteiger partial charge in [-0.2, -0.15) is 43.2 Å². The maximum Gasteiger partial charge on any atom is 0.534 e. The summed E-state index contributed by atoms with van der Waals surface area (Å²) in [5.41, 5.74) is -14.2. The minimum atomic E-state index is -6.41. The Morgan fingerprint density at radius 3 is 1.62 bits per heavy atom. The van der Waals surface area contributed by atoms with Gasteiger partial charge in [-0.3, -0.25) is 5.41 Å². The van der Waals surface area contributed by atoms with Crippen molar-refractivity contribution >= 4 is 32.1 Å². The van der Waals surface area contributed by atoms with E-state index in [0.29, 0.717) is 12.1 Å². The van der Waals surface area contributed by atoms with Gasteiger partial charge in [0.2, 0.25) is 5.90 Å².